The second-order valence-electron chi connectivity index (χ2n) is 6.94. The zero-order valence-corrected chi connectivity index (χ0v) is 18.6. The molecule has 0 spiro atoms. The fourth-order valence-electron chi connectivity index (χ4n) is 3.01. The Morgan fingerprint density at radius 3 is 2.65 bits per heavy atom. The van der Waals surface area contributed by atoms with Gasteiger partial charge in [-0.3, -0.25) is 9.59 Å². The van der Waals surface area contributed by atoms with Crippen LogP contribution in [0.2, 0.25) is 0 Å². The number of carbonyl (C=O) groups is 1. The third-order valence-electron chi connectivity index (χ3n) is 4.41. The lowest BCUT2D eigenvalue weighted by Crippen LogP contribution is -2.15. The van der Waals surface area contributed by atoms with Crippen LogP contribution in [0.5, 0.6) is 0 Å². The number of amides is 1. The topological polar surface area (TPSA) is 87.7 Å². The number of thioether (sulfide) groups is 1. The normalized spacial score (nSPS) is 10.8. The van der Waals surface area contributed by atoms with Crippen molar-refractivity contribution >= 4 is 34.7 Å². The first-order chi connectivity index (χ1) is 15.0. The molecule has 0 radical (unpaired) electrons. The summed E-state index contributed by atoms with van der Waals surface area (Å²) >= 11 is 2.69. The van der Waals surface area contributed by atoms with E-state index in [1.165, 1.54) is 29.2 Å². The van der Waals surface area contributed by atoms with Crippen LogP contribution < -0.4 is 10.9 Å². The number of H-pyrrole nitrogens is 1. The maximum absolute atomic E-state index is 12.3. The third kappa shape index (κ3) is 5.28. The van der Waals surface area contributed by atoms with Crippen molar-refractivity contribution in [2.45, 2.75) is 19.0 Å². The average Bonchev–Trinajstić information content (AvgIpc) is 3.14. The van der Waals surface area contributed by atoms with E-state index in [0.717, 1.165) is 32.4 Å². The first kappa shape index (κ1) is 21.0. The molecule has 0 bridgehead atoms. The number of rotatable bonds is 6. The summed E-state index contributed by atoms with van der Waals surface area (Å²) in [6.07, 6.45) is 0. The van der Waals surface area contributed by atoms with Crippen molar-refractivity contribution in [2.75, 3.05) is 11.1 Å². The lowest BCUT2D eigenvalue weighted by Gasteiger charge is -2.06. The fraction of sp³-hybridized carbons (Fsp3) is 0.130. The summed E-state index contributed by atoms with van der Waals surface area (Å²) in [5.41, 5.74) is 3.95. The standard InChI is InChI=1S/C23H20N4O2S2/c1-14-7-6-10-17(11-14)25-20(29)13-30-23-26-18(12-19(28)27-23)21-15(2)24-22(31-21)16-8-4-3-5-9-16/h3-12H,13H2,1-2H3,(H,25,29)(H,26,27,28). The van der Waals surface area contributed by atoms with E-state index >= 15 is 0 Å². The zero-order valence-electron chi connectivity index (χ0n) is 17.0. The van der Waals surface area contributed by atoms with Crippen LogP contribution in [0.1, 0.15) is 11.3 Å². The van der Waals surface area contributed by atoms with Gasteiger partial charge in [0, 0.05) is 17.3 Å². The third-order valence-corrected chi connectivity index (χ3v) is 6.51. The highest BCUT2D eigenvalue weighted by atomic mass is 32.2. The van der Waals surface area contributed by atoms with E-state index in [0.29, 0.717) is 10.9 Å². The highest BCUT2D eigenvalue weighted by Crippen LogP contribution is 2.34. The summed E-state index contributed by atoms with van der Waals surface area (Å²) < 4.78 is 0. The van der Waals surface area contributed by atoms with Gasteiger partial charge in [-0.1, -0.05) is 54.2 Å². The van der Waals surface area contributed by atoms with Gasteiger partial charge in [0.1, 0.15) is 5.01 Å². The quantitative estimate of drug-likeness (QED) is 0.323. The van der Waals surface area contributed by atoms with Gasteiger partial charge in [0.05, 0.1) is 22.0 Å². The van der Waals surface area contributed by atoms with Gasteiger partial charge in [-0.2, -0.15) is 0 Å². The molecule has 0 unspecified atom stereocenters. The molecule has 0 saturated heterocycles. The summed E-state index contributed by atoms with van der Waals surface area (Å²) in [5, 5.41) is 4.13. The summed E-state index contributed by atoms with van der Waals surface area (Å²) in [7, 11) is 0. The number of benzene rings is 2. The number of hydrogen-bond acceptors (Lipinski definition) is 6. The second-order valence-corrected chi connectivity index (χ2v) is 8.90. The lowest BCUT2D eigenvalue weighted by atomic mass is 10.2. The molecule has 0 aliphatic heterocycles. The van der Waals surface area contributed by atoms with Crippen molar-refractivity contribution in [1.29, 1.82) is 0 Å². The Hall–Kier alpha value is -3.23. The molecule has 0 aliphatic rings. The van der Waals surface area contributed by atoms with Crippen LogP contribution in [0.3, 0.4) is 0 Å². The van der Waals surface area contributed by atoms with Crippen LogP contribution in [-0.2, 0) is 4.79 Å². The van der Waals surface area contributed by atoms with Crippen molar-refractivity contribution in [1.82, 2.24) is 15.0 Å². The molecule has 0 saturated carbocycles. The zero-order chi connectivity index (χ0) is 21.8. The van der Waals surface area contributed by atoms with E-state index < -0.39 is 0 Å². The van der Waals surface area contributed by atoms with Gasteiger partial charge in [-0.15, -0.1) is 11.3 Å². The van der Waals surface area contributed by atoms with E-state index in [1.807, 2.05) is 68.4 Å². The number of aromatic amines is 1. The van der Waals surface area contributed by atoms with Gasteiger partial charge in [0.15, 0.2) is 5.16 Å². The predicted octanol–water partition coefficient (Wildman–Crippen LogP) is 4.91. The van der Waals surface area contributed by atoms with Gasteiger partial charge < -0.3 is 10.3 Å². The van der Waals surface area contributed by atoms with Gasteiger partial charge in [-0.25, -0.2) is 9.97 Å². The van der Waals surface area contributed by atoms with Gasteiger partial charge in [0.25, 0.3) is 5.56 Å². The van der Waals surface area contributed by atoms with Crippen LogP contribution in [-0.4, -0.2) is 26.6 Å². The molecule has 1 amide bonds. The Bertz CT molecular complexity index is 1280. The Kier molecular flexibility index (Phi) is 6.29. The summed E-state index contributed by atoms with van der Waals surface area (Å²) in [4.78, 5) is 37.3. The molecule has 0 atom stereocenters. The monoisotopic (exact) mass is 448 g/mol. The SMILES string of the molecule is Cc1cccc(NC(=O)CSc2nc(-c3sc(-c4ccccc4)nc3C)cc(=O)[nH]2)c1. The Balaban J connectivity index is 1.51. The molecule has 2 aromatic carbocycles. The number of aromatic nitrogens is 3. The van der Waals surface area contributed by atoms with Crippen molar-refractivity contribution in [2.24, 2.45) is 0 Å². The highest BCUT2D eigenvalue weighted by molar-refractivity contribution is 7.99. The van der Waals surface area contributed by atoms with E-state index in [9.17, 15) is 9.59 Å². The molecule has 156 valence electrons. The molecular formula is C23H20N4O2S2. The lowest BCUT2D eigenvalue weighted by molar-refractivity contribution is -0.113. The summed E-state index contributed by atoms with van der Waals surface area (Å²) in [5.74, 6) is -0.0268. The van der Waals surface area contributed by atoms with E-state index in [4.69, 9.17) is 0 Å². The Morgan fingerprint density at radius 1 is 1.06 bits per heavy atom. The Labute approximate surface area is 187 Å². The van der Waals surface area contributed by atoms with Crippen molar-refractivity contribution < 1.29 is 4.79 Å². The molecule has 6 nitrogen and oxygen atoms in total. The largest absolute Gasteiger partial charge is 0.325 e. The van der Waals surface area contributed by atoms with Gasteiger partial charge >= 0.3 is 0 Å². The van der Waals surface area contributed by atoms with Gasteiger partial charge in [-0.05, 0) is 31.5 Å². The van der Waals surface area contributed by atoms with Crippen LogP contribution in [0.15, 0.2) is 70.6 Å². The minimum atomic E-state index is -0.263. The van der Waals surface area contributed by atoms with Crippen LogP contribution in [0.4, 0.5) is 5.69 Å². The molecular weight excluding hydrogens is 428 g/mol. The second kappa shape index (κ2) is 9.28. The minimum Gasteiger partial charge on any atom is -0.325 e. The first-order valence-corrected chi connectivity index (χ1v) is 11.4. The number of hydrogen-bond donors (Lipinski definition) is 2. The maximum Gasteiger partial charge on any atom is 0.252 e. The van der Waals surface area contributed by atoms with Crippen molar-refractivity contribution in [3.63, 3.8) is 0 Å². The van der Waals surface area contributed by atoms with Crippen molar-refractivity contribution in [3.05, 3.63) is 82.3 Å². The van der Waals surface area contributed by atoms with Crippen LogP contribution in [0, 0.1) is 13.8 Å². The molecule has 31 heavy (non-hydrogen) atoms. The number of nitrogens with zero attached hydrogens (tertiary/aromatic N) is 2. The van der Waals surface area contributed by atoms with Crippen LogP contribution in [0.25, 0.3) is 21.1 Å². The molecule has 8 heteroatoms. The van der Waals surface area contributed by atoms with E-state index in [-0.39, 0.29) is 17.2 Å². The molecule has 2 aromatic heterocycles. The van der Waals surface area contributed by atoms with E-state index in [1.54, 1.807) is 0 Å². The summed E-state index contributed by atoms with van der Waals surface area (Å²) in [6, 6.07) is 19.0. The average molecular weight is 449 g/mol. The van der Waals surface area contributed by atoms with Crippen molar-refractivity contribution in [3.8, 4) is 21.1 Å². The molecule has 4 aromatic rings. The molecule has 2 heterocycles. The number of thiazole rings is 1. The smallest absolute Gasteiger partial charge is 0.252 e. The van der Waals surface area contributed by atoms with Gasteiger partial charge in [0.2, 0.25) is 5.91 Å². The number of anilines is 1. The van der Waals surface area contributed by atoms with Crippen LogP contribution >= 0.6 is 23.1 Å². The number of nitrogens with one attached hydrogen (secondary N) is 2. The number of aryl methyl sites for hydroxylation is 2. The number of carbonyl (C=O) groups excluding carboxylic acids is 1. The van der Waals surface area contributed by atoms with E-state index in [2.05, 4.69) is 20.3 Å². The fourth-order valence-corrected chi connectivity index (χ4v) is 4.72. The highest BCUT2D eigenvalue weighted by Gasteiger charge is 2.15. The Morgan fingerprint density at radius 2 is 1.87 bits per heavy atom. The minimum absolute atomic E-state index is 0.136. The molecule has 2 N–H and O–H groups in total. The molecule has 4 rings (SSSR count). The maximum atomic E-state index is 12.3. The predicted molar refractivity (Wildman–Crippen MR) is 127 cm³/mol. The molecule has 0 aliphatic carbocycles. The molecule has 0 fully saturated rings. The summed E-state index contributed by atoms with van der Waals surface area (Å²) in [6.45, 7) is 3.87. The first-order valence-electron chi connectivity index (χ1n) is 9.62.